The Bertz CT molecular complexity index is 218. The molecule has 0 aliphatic carbocycles. The second kappa shape index (κ2) is 2.77. The molecule has 4 heteroatoms. The lowest BCUT2D eigenvalue weighted by Crippen LogP contribution is -2.58. The molecule has 12 heavy (non-hydrogen) atoms. The molecular formula is C8H14N2O2. The summed E-state index contributed by atoms with van der Waals surface area (Å²) in [6.07, 6.45) is 0. The first-order valence-corrected chi connectivity index (χ1v) is 3.98. The normalized spacial score (nSPS) is 19.4. The number of nitrogens with one attached hydrogen (secondary N) is 1. The number of carbonyl (C=O) groups excluding carboxylic acids is 2. The van der Waals surface area contributed by atoms with Crippen molar-refractivity contribution in [3.8, 4) is 0 Å². The van der Waals surface area contributed by atoms with E-state index in [4.69, 9.17) is 0 Å². The van der Waals surface area contributed by atoms with Gasteiger partial charge in [-0.15, -0.1) is 0 Å². The van der Waals surface area contributed by atoms with Gasteiger partial charge in [0, 0.05) is 5.54 Å². The maximum absolute atomic E-state index is 11.3. The van der Waals surface area contributed by atoms with Crippen molar-refractivity contribution in [3.63, 3.8) is 0 Å². The van der Waals surface area contributed by atoms with Crippen LogP contribution >= 0.6 is 0 Å². The summed E-state index contributed by atoms with van der Waals surface area (Å²) in [5.41, 5.74) is -0.255. The van der Waals surface area contributed by atoms with E-state index < -0.39 is 0 Å². The molecule has 0 radical (unpaired) electrons. The van der Waals surface area contributed by atoms with Gasteiger partial charge >= 0.3 is 0 Å². The molecule has 0 saturated carbocycles. The summed E-state index contributed by atoms with van der Waals surface area (Å²) in [6, 6.07) is 0. The maximum Gasteiger partial charge on any atom is 0.242 e. The Labute approximate surface area is 71.9 Å². The van der Waals surface area contributed by atoms with Crippen LogP contribution < -0.4 is 5.32 Å². The minimum Gasteiger partial charge on any atom is -0.345 e. The molecule has 1 N–H and O–H groups in total. The van der Waals surface area contributed by atoms with Gasteiger partial charge in [0.25, 0.3) is 0 Å². The zero-order valence-electron chi connectivity index (χ0n) is 7.68. The second-order valence-electron chi connectivity index (χ2n) is 3.93. The van der Waals surface area contributed by atoms with Crippen LogP contribution in [0, 0.1) is 0 Å². The number of nitrogens with zero attached hydrogens (tertiary/aromatic N) is 1. The highest BCUT2D eigenvalue weighted by molar-refractivity contribution is 5.92. The van der Waals surface area contributed by atoms with Crippen LogP contribution in [0.5, 0.6) is 0 Å². The van der Waals surface area contributed by atoms with E-state index in [1.54, 1.807) is 4.90 Å². The minimum atomic E-state index is -0.255. The van der Waals surface area contributed by atoms with Gasteiger partial charge in [0.2, 0.25) is 11.8 Å². The Balaban J connectivity index is 2.74. The molecule has 1 rings (SSSR count). The maximum atomic E-state index is 11.3. The largest absolute Gasteiger partial charge is 0.345 e. The lowest BCUT2D eigenvalue weighted by Gasteiger charge is -2.37. The highest BCUT2D eigenvalue weighted by atomic mass is 16.2. The Morgan fingerprint density at radius 1 is 1.33 bits per heavy atom. The van der Waals surface area contributed by atoms with Gasteiger partial charge in [-0.05, 0) is 20.8 Å². The molecule has 0 spiro atoms. The van der Waals surface area contributed by atoms with Crippen LogP contribution in [0.25, 0.3) is 0 Å². The van der Waals surface area contributed by atoms with Gasteiger partial charge in [-0.1, -0.05) is 0 Å². The Kier molecular flexibility index (Phi) is 2.08. The van der Waals surface area contributed by atoms with Gasteiger partial charge in [0.1, 0.15) is 6.54 Å². The van der Waals surface area contributed by atoms with Crippen molar-refractivity contribution in [2.75, 3.05) is 13.1 Å². The first kappa shape index (κ1) is 9.03. The summed E-state index contributed by atoms with van der Waals surface area (Å²) in [4.78, 5) is 23.8. The minimum absolute atomic E-state index is 0.0119. The molecule has 0 aromatic heterocycles. The van der Waals surface area contributed by atoms with Crippen molar-refractivity contribution >= 4 is 11.8 Å². The fraction of sp³-hybridized carbons (Fsp3) is 0.750. The van der Waals surface area contributed by atoms with E-state index in [-0.39, 0.29) is 30.4 Å². The van der Waals surface area contributed by atoms with Crippen molar-refractivity contribution in [1.29, 1.82) is 0 Å². The highest BCUT2D eigenvalue weighted by Crippen LogP contribution is 2.14. The van der Waals surface area contributed by atoms with Crippen molar-refractivity contribution in [2.24, 2.45) is 0 Å². The van der Waals surface area contributed by atoms with Crippen LogP contribution in [-0.4, -0.2) is 35.3 Å². The summed E-state index contributed by atoms with van der Waals surface area (Å²) in [5.74, 6) is -0.0911. The van der Waals surface area contributed by atoms with Crippen molar-refractivity contribution < 1.29 is 9.59 Å². The number of carbonyl (C=O) groups is 2. The van der Waals surface area contributed by atoms with Gasteiger partial charge in [0.05, 0.1) is 6.54 Å². The molecular weight excluding hydrogens is 156 g/mol. The van der Waals surface area contributed by atoms with E-state index in [1.165, 1.54) is 0 Å². The fourth-order valence-electron chi connectivity index (χ4n) is 1.17. The van der Waals surface area contributed by atoms with Crippen LogP contribution in [-0.2, 0) is 9.59 Å². The lowest BCUT2D eigenvalue weighted by molar-refractivity contribution is -0.145. The van der Waals surface area contributed by atoms with Crippen molar-refractivity contribution in [1.82, 2.24) is 10.2 Å². The number of piperazine rings is 1. The molecule has 1 fully saturated rings. The molecule has 0 atom stereocenters. The van der Waals surface area contributed by atoms with Crippen molar-refractivity contribution in [3.05, 3.63) is 0 Å². The molecule has 1 saturated heterocycles. The van der Waals surface area contributed by atoms with Gasteiger partial charge in [-0.25, -0.2) is 0 Å². The quantitative estimate of drug-likeness (QED) is 0.544. The first-order valence-electron chi connectivity index (χ1n) is 3.98. The standard InChI is InChI=1S/C8H14N2O2/c1-8(2,3)10-5-6(11)9-4-7(10)12/h4-5H2,1-3H3,(H,9,11). The Morgan fingerprint density at radius 3 is 2.33 bits per heavy atom. The van der Waals surface area contributed by atoms with Crippen LogP contribution in [0.2, 0.25) is 0 Å². The van der Waals surface area contributed by atoms with Crippen LogP contribution in [0.4, 0.5) is 0 Å². The average molecular weight is 170 g/mol. The van der Waals surface area contributed by atoms with Crippen LogP contribution in [0.1, 0.15) is 20.8 Å². The Hall–Kier alpha value is -1.06. The third-order valence-electron chi connectivity index (χ3n) is 1.85. The summed E-state index contributed by atoms with van der Waals surface area (Å²) in [6.45, 7) is 6.08. The average Bonchev–Trinajstić information content (AvgIpc) is 1.92. The van der Waals surface area contributed by atoms with Crippen LogP contribution in [0.15, 0.2) is 0 Å². The second-order valence-corrected chi connectivity index (χ2v) is 3.93. The molecule has 1 heterocycles. The number of amides is 2. The summed E-state index contributed by atoms with van der Waals surface area (Å²) in [7, 11) is 0. The third-order valence-corrected chi connectivity index (χ3v) is 1.85. The summed E-state index contributed by atoms with van der Waals surface area (Å²) >= 11 is 0. The van der Waals surface area contributed by atoms with Gasteiger partial charge < -0.3 is 10.2 Å². The Morgan fingerprint density at radius 2 is 1.92 bits per heavy atom. The van der Waals surface area contributed by atoms with E-state index in [0.29, 0.717) is 0 Å². The van der Waals surface area contributed by atoms with Crippen LogP contribution in [0.3, 0.4) is 0 Å². The topological polar surface area (TPSA) is 49.4 Å². The fourth-order valence-corrected chi connectivity index (χ4v) is 1.17. The predicted molar refractivity (Wildman–Crippen MR) is 44.5 cm³/mol. The molecule has 1 aliphatic rings. The lowest BCUT2D eigenvalue weighted by atomic mass is 10.1. The number of hydrogen-bond donors (Lipinski definition) is 1. The van der Waals surface area contributed by atoms with E-state index in [9.17, 15) is 9.59 Å². The molecule has 0 aromatic rings. The monoisotopic (exact) mass is 170 g/mol. The van der Waals surface area contributed by atoms with E-state index in [1.807, 2.05) is 20.8 Å². The SMILES string of the molecule is CC(C)(C)N1CC(=O)NCC1=O. The predicted octanol–water partition coefficient (Wildman–Crippen LogP) is -0.257. The molecule has 1 aliphatic heterocycles. The molecule has 0 unspecified atom stereocenters. The molecule has 0 aromatic carbocycles. The number of hydrogen-bond acceptors (Lipinski definition) is 2. The van der Waals surface area contributed by atoms with Gasteiger partial charge in [-0.2, -0.15) is 0 Å². The smallest absolute Gasteiger partial charge is 0.242 e. The molecule has 2 amide bonds. The highest BCUT2D eigenvalue weighted by Gasteiger charge is 2.31. The van der Waals surface area contributed by atoms with Crippen molar-refractivity contribution in [2.45, 2.75) is 26.3 Å². The summed E-state index contributed by atoms with van der Waals surface area (Å²) in [5, 5.41) is 2.50. The van der Waals surface area contributed by atoms with E-state index in [2.05, 4.69) is 5.32 Å². The van der Waals surface area contributed by atoms with Gasteiger partial charge in [0.15, 0.2) is 0 Å². The molecule has 0 bridgehead atoms. The zero-order valence-corrected chi connectivity index (χ0v) is 7.68. The summed E-state index contributed by atoms with van der Waals surface area (Å²) < 4.78 is 0. The van der Waals surface area contributed by atoms with E-state index >= 15 is 0 Å². The van der Waals surface area contributed by atoms with Gasteiger partial charge in [-0.3, -0.25) is 9.59 Å². The third kappa shape index (κ3) is 1.75. The number of rotatable bonds is 0. The molecule has 4 nitrogen and oxygen atoms in total. The zero-order chi connectivity index (χ0) is 9.35. The molecule has 68 valence electrons. The van der Waals surface area contributed by atoms with E-state index in [0.717, 1.165) is 0 Å². The first-order chi connectivity index (χ1) is 5.41.